The Morgan fingerprint density at radius 3 is 2.15 bits per heavy atom. The monoisotopic (exact) mass is 371 g/mol. The fourth-order valence-electron chi connectivity index (χ4n) is 2.93. The lowest BCUT2D eigenvalue weighted by Gasteiger charge is -2.22. The number of methoxy groups -OCH3 is 2. The fraction of sp³-hybridized carbons (Fsp3) is 0.333. The van der Waals surface area contributed by atoms with E-state index in [0.29, 0.717) is 24.5 Å². The van der Waals surface area contributed by atoms with E-state index in [-0.39, 0.29) is 17.4 Å². The highest BCUT2D eigenvalue weighted by Gasteiger charge is 2.19. The van der Waals surface area contributed by atoms with Crippen LogP contribution in [0.1, 0.15) is 28.4 Å². The van der Waals surface area contributed by atoms with Crippen LogP contribution in [0.25, 0.3) is 0 Å². The zero-order valence-electron chi connectivity index (χ0n) is 16.1. The maximum atomic E-state index is 12.7. The quantitative estimate of drug-likeness (QED) is 0.771. The molecule has 0 saturated heterocycles. The number of nitrogens with zero attached hydrogens (tertiary/aromatic N) is 1. The highest BCUT2D eigenvalue weighted by Crippen LogP contribution is 2.28. The van der Waals surface area contributed by atoms with E-state index in [1.54, 1.807) is 50.4 Å². The summed E-state index contributed by atoms with van der Waals surface area (Å²) in [6, 6.07) is 12.2. The van der Waals surface area contributed by atoms with Crippen molar-refractivity contribution >= 4 is 11.9 Å². The number of hydrogen-bond acceptors (Lipinski definition) is 4. The molecule has 6 nitrogen and oxygen atoms in total. The zero-order chi connectivity index (χ0) is 20.0. The van der Waals surface area contributed by atoms with Crippen molar-refractivity contribution in [2.75, 3.05) is 21.3 Å². The number of ether oxygens (including phenoxy) is 2. The Hall–Kier alpha value is -3.02. The molecule has 0 aliphatic heterocycles. The first-order valence-electron chi connectivity index (χ1n) is 8.63. The van der Waals surface area contributed by atoms with Gasteiger partial charge in [-0.25, -0.2) is 4.79 Å². The van der Waals surface area contributed by atoms with Gasteiger partial charge >= 0.3 is 5.97 Å². The molecule has 0 bridgehead atoms. The fourth-order valence-corrected chi connectivity index (χ4v) is 2.93. The van der Waals surface area contributed by atoms with Crippen LogP contribution in [0.2, 0.25) is 0 Å². The van der Waals surface area contributed by atoms with Gasteiger partial charge in [-0.2, -0.15) is 0 Å². The lowest BCUT2D eigenvalue weighted by Crippen LogP contribution is -2.32. The molecule has 6 heteroatoms. The van der Waals surface area contributed by atoms with Crippen LogP contribution in [0, 0.1) is 5.92 Å². The van der Waals surface area contributed by atoms with Crippen LogP contribution in [-0.4, -0.2) is 43.2 Å². The van der Waals surface area contributed by atoms with Crippen molar-refractivity contribution in [3.8, 4) is 11.5 Å². The Labute approximate surface area is 159 Å². The number of rotatable bonds is 8. The van der Waals surface area contributed by atoms with Gasteiger partial charge in [0.2, 0.25) is 5.91 Å². The second kappa shape index (κ2) is 9.07. The molecule has 2 aromatic carbocycles. The van der Waals surface area contributed by atoms with Gasteiger partial charge in [0, 0.05) is 19.5 Å². The summed E-state index contributed by atoms with van der Waals surface area (Å²) in [7, 11) is 4.92. The van der Waals surface area contributed by atoms with Gasteiger partial charge < -0.3 is 19.5 Å². The maximum Gasteiger partial charge on any atom is 0.335 e. The van der Waals surface area contributed by atoms with Crippen molar-refractivity contribution in [1.82, 2.24) is 4.90 Å². The number of amides is 1. The van der Waals surface area contributed by atoms with Crippen LogP contribution in [0.5, 0.6) is 11.5 Å². The Morgan fingerprint density at radius 1 is 1.00 bits per heavy atom. The third-order valence-corrected chi connectivity index (χ3v) is 4.41. The number of carboxylic acid groups (broad SMARTS) is 1. The van der Waals surface area contributed by atoms with Gasteiger partial charge in [-0.3, -0.25) is 4.79 Å². The van der Waals surface area contributed by atoms with Crippen LogP contribution >= 0.6 is 0 Å². The first kappa shape index (κ1) is 20.3. The summed E-state index contributed by atoms with van der Waals surface area (Å²) in [5, 5.41) is 8.95. The average molecular weight is 371 g/mol. The number of hydrogen-bond donors (Lipinski definition) is 1. The van der Waals surface area contributed by atoms with Crippen LogP contribution in [0.15, 0.2) is 42.5 Å². The van der Waals surface area contributed by atoms with Crippen LogP contribution in [0.3, 0.4) is 0 Å². The molecule has 27 heavy (non-hydrogen) atoms. The van der Waals surface area contributed by atoms with Gasteiger partial charge in [-0.1, -0.05) is 25.1 Å². The average Bonchev–Trinajstić information content (AvgIpc) is 2.67. The summed E-state index contributed by atoms with van der Waals surface area (Å²) in [5.41, 5.74) is 2.11. The van der Waals surface area contributed by atoms with Gasteiger partial charge in [0.15, 0.2) is 11.5 Å². The first-order chi connectivity index (χ1) is 12.8. The highest BCUT2D eigenvalue weighted by molar-refractivity contribution is 5.87. The van der Waals surface area contributed by atoms with Gasteiger partial charge in [0.1, 0.15) is 0 Å². The number of benzene rings is 2. The highest BCUT2D eigenvalue weighted by atomic mass is 16.5. The number of aromatic carboxylic acids is 1. The maximum absolute atomic E-state index is 12.7. The number of carbonyl (C=O) groups excluding carboxylic acids is 1. The molecule has 0 radical (unpaired) electrons. The van der Waals surface area contributed by atoms with E-state index in [0.717, 1.165) is 11.1 Å². The lowest BCUT2D eigenvalue weighted by atomic mass is 9.99. The third-order valence-electron chi connectivity index (χ3n) is 4.41. The second-order valence-electron chi connectivity index (χ2n) is 6.49. The minimum Gasteiger partial charge on any atom is -0.493 e. The first-order valence-corrected chi connectivity index (χ1v) is 8.63. The van der Waals surface area contributed by atoms with E-state index in [2.05, 4.69) is 0 Å². The molecule has 1 amide bonds. The molecule has 0 aliphatic rings. The van der Waals surface area contributed by atoms with E-state index in [4.69, 9.17) is 14.6 Å². The number of carbonyl (C=O) groups is 2. The third kappa shape index (κ3) is 5.23. The molecule has 2 aromatic rings. The molecule has 1 unspecified atom stereocenters. The molecule has 144 valence electrons. The molecule has 0 spiro atoms. The zero-order valence-corrected chi connectivity index (χ0v) is 16.1. The summed E-state index contributed by atoms with van der Waals surface area (Å²) >= 11 is 0. The Morgan fingerprint density at radius 2 is 1.59 bits per heavy atom. The smallest absolute Gasteiger partial charge is 0.335 e. The van der Waals surface area contributed by atoms with Gasteiger partial charge in [-0.15, -0.1) is 0 Å². The Bertz CT molecular complexity index is 801. The molecule has 1 atom stereocenters. The van der Waals surface area contributed by atoms with E-state index in [1.807, 2.05) is 25.1 Å². The standard InChI is InChI=1S/C21H25NO5/c1-14(11-16-7-10-18(26-3)19(12-16)27-4)20(23)22(2)13-15-5-8-17(9-6-15)21(24)25/h5-10,12,14H,11,13H2,1-4H3,(H,24,25). The topological polar surface area (TPSA) is 76.1 Å². The normalized spacial score (nSPS) is 11.6. The number of carboxylic acids is 1. The molecule has 0 fully saturated rings. The largest absolute Gasteiger partial charge is 0.493 e. The SMILES string of the molecule is COc1ccc(CC(C)C(=O)N(C)Cc2ccc(C(=O)O)cc2)cc1OC. The predicted octanol–water partition coefficient (Wildman–Crippen LogP) is 3.24. The Balaban J connectivity index is 2.00. The van der Waals surface area contributed by atoms with Gasteiger partial charge in [0.25, 0.3) is 0 Å². The summed E-state index contributed by atoms with van der Waals surface area (Å²) in [4.78, 5) is 25.2. The lowest BCUT2D eigenvalue weighted by molar-refractivity contribution is -0.134. The molecule has 0 aromatic heterocycles. The van der Waals surface area contributed by atoms with Crippen LogP contribution in [0.4, 0.5) is 0 Å². The summed E-state index contributed by atoms with van der Waals surface area (Å²) in [5.74, 6) is 0.150. The van der Waals surface area contributed by atoms with Crippen molar-refractivity contribution in [3.63, 3.8) is 0 Å². The van der Waals surface area contributed by atoms with Crippen molar-refractivity contribution in [2.45, 2.75) is 19.9 Å². The minimum atomic E-state index is -0.963. The molecule has 1 N–H and O–H groups in total. The summed E-state index contributed by atoms with van der Waals surface area (Å²) in [6.07, 6.45) is 0.585. The summed E-state index contributed by atoms with van der Waals surface area (Å²) in [6.45, 7) is 2.32. The van der Waals surface area contributed by atoms with Crippen molar-refractivity contribution < 1.29 is 24.2 Å². The van der Waals surface area contributed by atoms with E-state index < -0.39 is 5.97 Å². The molecular formula is C21H25NO5. The minimum absolute atomic E-state index is 0.0205. The van der Waals surface area contributed by atoms with E-state index in [9.17, 15) is 9.59 Å². The van der Waals surface area contributed by atoms with Gasteiger partial charge in [0.05, 0.1) is 19.8 Å². The summed E-state index contributed by atoms with van der Waals surface area (Å²) < 4.78 is 10.5. The molecular weight excluding hydrogens is 346 g/mol. The van der Waals surface area contributed by atoms with Crippen molar-refractivity contribution in [2.24, 2.45) is 5.92 Å². The molecule has 0 heterocycles. The molecule has 0 saturated carbocycles. The Kier molecular flexibility index (Phi) is 6.82. The predicted molar refractivity (Wildman–Crippen MR) is 102 cm³/mol. The van der Waals surface area contributed by atoms with Crippen molar-refractivity contribution in [1.29, 1.82) is 0 Å². The van der Waals surface area contributed by atoms with Crippen molar-refractivity contribution in [3.05, 3.63) is 59.2 Å². The molecule has 2 rings (SSSR count). The van der Waals surface area contributed by atoms with Gasteiger partial charge in [-0.05, 0) is 41.8 Å². The van der Waals surface area contributed by atoms with E-state index in [1.165, 1.54) is 0 Å². The van der Waals surface area contributed by atoms with E-state index >= 15 is 0 Å². The van der Waals surface area contributed by atoms with Crippen LogP contribution in [-0.2, 0) is 17.8 Å². The second-order valence-corrected chi connectivity index (χ2v) is 6.49. The molecule has 0 aliphatic carbocycles. The van der Waals surface area contributed by atoms with Crippen LogP contribution < -0.4 is 9.47 Å².